The van der Waals surface area contributed by atoms with Crippen molar-refractivity contribution < 1.29 is 19.4 Å². The lowest BCUT2D eigenvalue weighted by atomic mass is 9.95. The molecule has 0 unspecified atom stereocenters. The summed E-state index contributed by atoms with van der Waals surface area (Å²) in [6.07, 6.45) is 5.35. The largest absolute Gasteiger partial charge is 0.491 e. The Morgan fingerprint density at radius 1 is 1.14 bits per heavy atom. The number of hydrogen-bond donors (Lipinski definition) is 1. The molecule has 0 amide bonds. The Balaban J connectivity index is 1.75. The molecular weight excluding hydrogens is 372 g/mol. The lowest BCUT2D eigenvalue weighted by Crippen LogP contribution is -2.23. The minimum Gasteiger partial charge on any atom is -0.491 e. The molecule has 7 nitrogen and oxygen atoms in total. The van der Waals surface area contributed by atoms with Crippen LogP contribution in [0, 0.1) is 0 Å². The van der Waals surface area contributed by atoms with Crippen molar-refractivity contribution in [3.8, 4) is 17.0 Å². The van der Waals surface area contributed by atoms with E-state index in [1.54, 1.807) is 7.11 Å². The first-order chi connectivity index (χ1) is 14.1. The van der Waals surface area contributed by atoms with E-state index in [2.05, 4.69) is 17.0 Å². The summed E-state index contributed by atoms with van der Waals surface area (Å²) in [4.78, 5) is 26.0. The van der Waals surface area contributed by atoms with Gasteiger partial charge in [0.05, 0.1) is 18.0 Å². The van der Waals surface area contributed by atoms with Gasteiger partial charge in [0.15, 0.2) is 5.43 Å². The van der Waals surface area contributed by atoms with Gasteiger partial charge in [0.2, 0.25) is 0 Å². The number of rotatable bonds is 7. The average Bonchev–Trinajstić information content (AvgIpc) is 3.24. The van der Waals surface area contributed by atoms with Gasteiger partial charge >= 0.3 is 5.97 Å². The van der Waals surface area contributed by atoms with Gasteiger partial charge in [0.1, 0.15) is 11.3 Å². The van der Waals surface area contributed by atoms with Crippen LogP contribution in [0.1, 0.15) is 35.2 Å². The van der Waals surface area contributed by atoms with Crippen LogP contribution in [-0.2, 0) is 17.7 Å². The summed E-state index contributed by atoms with van der Waals surface area (Å²) in [5.74, 6) is -0.312. The standard InChI is InChI=1S/C22H26N2O5/c1-28-9-4-10-29-21-11-15-5-8-24-14-17(22(26)27)20(25)13-18(24)16(15)12-19(21)23-6-2-3-7-23/h11-14H,2-10H2,1H3,(H,26,27). The van der Waals surface area contributed by atoms with Crippen molar-refractivity contribution in [1.82, 2.24) is 4.57 Å². The van der Waals surface area contributed by atoms with Crippen LogP contribution < -0.4 is 15.1 Å². The van der Waals surface area contributed by atoms with Crippen LogP contribution >= 0.6 is 0 Å². The van der Waals surface area contributed by atoms with E-state index in [0.717, 1.165) is 67.0 Å². The van der Waals surface area contributed by atoms with E-state index in [-0.39, 0.29) is 5.56 Å². The smallest absolute Gasteiger partial charge is 0.341 e. The van der Waals surface area contributed by atoms with Crippen LogP contribution in [0.4, 0.5) is 5.69 Å². The van der Waals surface area contributed by atoms with Gasteiger partial charge in [0.25, 0.3) is 0 Å². The number of methoxy groups -OCH3 is 1. The predicted molar refractivity (Wildman–Crippen MR) is 110 cm³/mol. The van der Waals surface area contributed by atoms with Gasteiger partial charge in [-0.3, -0.25) is 4.79 Å². The van der Waals surface area contributed by atoms with E-state index in [9.17, 15) is 14.7 Å². The van der Waals surface area contributed by atoms with Crippen molar-refractivity contribution in [1.29, 1.82) is 0 Å². The fourth-order valence-corrected chi connectivity index (χ4v) is 4.15. The summed E-state index contributed by atoms with van der Waals surface area (Å²) in [6, 6.07) is 5.65. The van der Waals surface area contributed by atoms with Crippen LogP contribution in [0.3, 0.4) is 0 Å². The fraction of sp³-hybridized carbons (Fsp3) is 0.455. The molecule has 2 aliphatic heterocycles. The molecule has 1 aromatic heterocycles. The van der Waals surface area contributed by atoms with E-state index in [1.165, 1.54) is 12.3 Å². The van der Waals surface area contributed by atoms with Crippen LogP contribution in [0.25, 0.3) is 11.3 Å². The lowest BCUT2D eigenvalue weighted by molar-refractivity contribution is 0.0694. The van der Waals surface area contributed by atoms with E-state index in [0.29, 0.717) is 19.8 Å². The van der Waals surface area contributed by atoms with E-state index in [1.807, 2.05) is 4.57 Å². The fourth-order valence-electron chi connectivity index (χ4n) is 4.15. The molecule has 1 saturated heterocycles. The molecule has 0 aliphatic carbocycles. The maximum absolute atomic E-state index is 12.3. The second-order valence-corrected chi connectivity index (χ2v) is 7.55. The van der Waals surface area contributed by atoms with Crippen molar-refractivity contribution in [2.45, 2.75) is 32.2 Å². The molecule has 0 radical (unpaired) electrons. The maximum Gasteiger partial charge on any atom is 0.341 e. The number of benzene rings is 1. The zero-order valence-electron chi connectivity index (χ0n) is 16.6. The maximum atomic E-state index is 12.3. The minimum absolute atomic E-state index is 0.185. The van der Waals surface area contributed by atoms with Gasteiger partial charge in [-0.15, -0.1) is 0 Å². The van der Waals surface area contributed by atoms with Gasteiger partial charge in [-0.25, -0.2) is 4.79 Å². The first kappa shape index (κ1) is 19.5. The number of carbonyl (C=O) groups is 1. The summed E-state index contributed by atoms with van der Waals surface area (Å²) >= 11 is 0. The lowest BCUT2D eigenvalue weighted by Gasteiger charge is -2.28. The molecule has 29 heavy (non-hydrogen) atoms. The molecule has 0 atom stereocenters. The van der Waals surface area contributed by atoms with E-state index < -0.39 is 11.4 Å². The Kier molecular flexibility index (Phi) is 5.58. The summed E-state index contributed by atoms with van der Waals surface area (Å²) in [7, 11) is 1.68. The zero-order chi connectivity index (χ0) is 20.4. The van der Waals surface area contributed by atoms with Crippen molar-refractivity contribution in [2.24, 2.45) is 0 Å². The molecule has 154 valence electrons. The highest BCUT2D eigenvalue weighted by molar-refractivity contribution is 5.88. The number of pyridine rings is 1. The molecule has 4 rings (SSSR count). The van der Waals surface area contributed by atoms with Crippen molar-refractivity contribution in [3.05, 3.63) is 45.7 Å². The average molecular weight is 398 g/mol. The number of ether oxygens (including phenoxy) is 2. The quantitative estimate of drug-likeness (QED) is 0.723. The van der Waals surface area contributed by atoms with E-state index >= 15 is 0 Å². The molecule has 0 bridgehead atoms. The molecule has 0 saturated carbocycles. The number of aromatic carboxylic acids is 1. The Labute approximate surface area is 169 Å². The van der Waals surface area contributed by atoms with Gasteiger partial charge in [-0.05, 0) is 37.0 Å². The summed E-state index contributed by atoms with van der Waals surface area (Å²) in [5.41, 5.74) is 3.28. The van der Waals surface area contributed by atoms with Crippen LogP contribution in [-0.4, -0.2) is 49.1 Å². The molecule has 2 aliphatic rings. The molecule has 0 spiro atoms. The Hall–Kier alpha value is -2.80. The highest BCUT2D eigenvalue weighted by Crippen LogP contribution is 2.40. The Morgan fingerprint density at radius 2 is 1.93 bits per heavy atom. The second kappa shape index (κ2) is 8.29. The topological polar surface area (TPSA) is 81.0 Å². The molecular formula is C22H26N2O5. The second-order valence-electron chi connectivity index (χ2n) is 7.55. The predicted octanol–water partition coefficient (Wildman–Crippen LogP) is 2.79. The van der Waals surface area contributed by atoms with Crippen molar-refractivity contribution in [2.75, 3.05) is 38.3 Å². The molecule has 1 N–H and O–H groups in total. The number of nitrogens with zero attached hydrogens (tertiary/aromatic N) is 2. The third-order valence-electron chi connectivity index (χ3n) is 5.64. The van der Waals surface area contributed by atoms with Crippen LogP contribution in [0.15, 0.2) is 29.2 Å². The summed E-state index contributed by atoms with van der Waals surface area (Å²) in [6.45, 7) is 3.85. The molecule has 1 fully saturated rings. The van der Waals surface area contributed by atoms with Gasteiger partial charge < -0.3 is 24.0 Å². The highest BCUT2D eigenvalue weighted by Gasteiger charge is 2.24. The molecule has 7 heteroatoms. The minimum atomic E-state index is -1.19. The van der Waals surface area contributed by atoms with E-state index in [4.69, 9.17) is 9.47 Å². The normalized spacial score (nSPS) is 15.1. The third kappa shape index (κ3) is 3.87. The van der Waals surface area contributed by atoms with Crippen molar-refractivity contribution in [3.63, 3.8) is 0 Å². The van der Waals surface area contributed by atoms with Gasteiger partial charge in [-0.1, -0.05) is 0 Å². The Morgan fingerprint density at radius 3 is 2.66 bits per heavy atom. The monoisotopic (exact) mass is 398 g/mol. The first-order valence-corrected chi connectivity index (χ1v) is 10.1. The number of carboxylic acids is 1. The molecule has 3 heterocycles. The highest BCUT2D eigenvalue weighted by atomic mass is 16.5. The zero-order valence-corrected chi connectivity index (χ0v) is 16.6. The van der Waals surface area contributed by atoms with Gasteiger partial charge in [0, 0.05) is 57.6 Å². The number of hydrogen-bond acceptors (Lipinski definition) is 5. The molecule has 1 aromatic carbocycles. The molecule has 2 aromatic rings. The number of aryl methyl sites for hydroxylation is 2. The Bertz CT molecular complexity index is 976. The number of anilines is 1. The summed E-state index contributed by atoms with van der Waals surface area (Å²) < 4.78 is 13.1. The third-order valence-corrected chi connectivity index (χ3v) is 5.64. The van der Waals surface area contributed by atoms with Crippen molar-refractivity contribution >= 4 is 11.7 Å². The summed E-state index contributed by atoms with van der Waals surface area (Å²) in [5, 5.41) is 9.26. The number of carboxylic acid groups (broad SMARTS) is 1. The van der Waals surface area contributed by atoms with Crippen LogP contribution in [0.2, 0.25) is 0 Å². The van der Waals surface area contributed by atoms with Crippen LogP contribution in [0.5, 0.6) is 5.75 Å². The SMILES string of the molecule is COCCCOc1cc2c(cc1N1CCCC1)-c1cc(=O)c(C(=O)O)cn1CC2. The number of fused-ring (bicyclic) bond motifs is 3. The first-order valence-electron chi connectivity index (χ1n) is 10.1. The van der Waals surface area contributed by atoms with Gasteiger partial charge in [-0.2, -0.15) is 0 Å². The number of aromatic nitrogens is 1.